The lowest BCUT2D eigenvalue weighted by Crippen LogP contribution is -2.28. The Labute approximate surface area is 172 Å². The van der Waals surface area contributed by atoms with Crippen LogP contribution in [0, 0.1) is 0 Å². The average Bonchev–Trinajstić information content (AvgIpc) is 3.39. The normalized spacial score (nSPS) is 19.4. The second kappa shape index (κ2) is 7.26. The van der Waals surface area contributed by atoms with E-state index in [0.717, 1.165) is 41.6 Å². The van der Waals surface area contributed by atoms with Gasteiger partial charge in [-0.15, -0.1) is 10.2 Å². The number of anilines is 1. The number of amides is 1. The van der Waals surface area contributed by atoms with Crippen molar-refractivity contribution in [2.75, 3.05) is 11.4 Å². The Bertz CT molecular complexity index is 1020. The second-order valence-corrected chi connectivity index (χ2v) is 8.70. The number of hydrogen-bond acceptors (Lipinski definition) is 4. The quantitative estimate of drug-likeness (QED) is 0.612. The van der Waals surface area contributed by atoms with Gasteiger partial charge in [0.15, 0.2) is 5.16 Å². The minimum Gasteiger partial charge on any atom is -0.310 e. The Morgan fingerprint density at radius 2 is 1.71 bits per heavy atom. The van der Waals surface area contributed by atoms with Crippen LogP contribution >= 0.6 is 23.4 Å². The molecule has 5 rings (SSSR count). The largest absolute Gasteiger partial charge is 0.310 e. The Balaban J connectivity index is 1.43. The molecule has 0 radical (unpaired) electrons. The predicted molar refractivity (Wildman–Crippen MR) is 111 cm³/mol. The molecule has 2 fully saturated rings. The third kappa shape index (κ3) is 3.20. The molecular formula is C21H19ClN4OS. The summed E-state index contributed by atoms with van der Waals surface area (Å²) in [6, 6.07) is 17.6. The number of rotatable bonds is 5. The van der Waals surface area contributed by atoms with Crippen molar-refractivity contribution in [1.82, 2.24) is 14.8 Å². The lowest BCUT2D eigenvalue weighted by atomic mass is 10.3. The van der Waals surface area contributed by atoms with Crippen LogP contribution in [-0.4, -0.2) is 32.5 Å². The summed E-state index contributed by atoms with van der Waals surface area (Å²) in [4.78, 5) is 14.8. The van der Waals surface area contributed by atoms with Crippen LogP contribution in [0.15, 0.2) is 59.8 Å². The minimum atomic E-state index is -0.185. The van der Waals surface area contributed by atoms with E-state index in [4.69, 9.17) is 11.6 Å². The Kier molecular flexibility index (Phi) is 4.61. The maximum absolute atomic E-state index is 13.1. The summed E-state index contributed by atoms with van der Waals surface area (Å²) in [6.45, 7) is 0.662. The highest BCUT2D eigenvalue weighted by Gasteiger charge is 2.37. The zero-order chi connectivity index (χ0) is 19.1. The highest BCUT2D eigenvalue weighted by Crippen LogP contribution is 2.42. The lowest BCUT2D eigenvalue weighted by molar-refractivity contribution is -0.116. The topological polar surface area (TPSA) is 51.0 Å². The molecule has 28 heavy (non-hydrogen) atoms. The van der Waals surface area contributed by atoms with Crippen LogP contribution in [0.3, 0.4) is 0 Å². The molecule has 0 N–H and O–H groups in total. The maximum atomic E-state index is 13.1. The molecule has 1 atom stereocenters. The fraction of sp³-hybridized carbons (Fsp3) is 0.286. The van der Waals surface area contributed by atoms with Crippen LogP contribution in [0.2, 0.25) is 5.02 Å². The van der Waals surface area contributed by atoms with Crippen LogP contribution < -0.4 is 4.90 Å². The minimum absolute atomic E-state index is 0.0775. The van der Waals surface area contributed by atoms with E-state index in [1.807, 2.05) is 42.5 Å². The van der Waals surface area contributed by atoms with Gasteiger partial charge in [0.2, 0.25) is 5.91 Å². The number of halogens is 1. The lowest BCUT2D eigenvalue weighted by Gasteiger charge is -2.18. The van der Waals surface area contributed by atoms with Gasteiger partial charge in [0.1, 0.15) is 5.82 Å². The van der Waals surface area contributed by atoms with Crippen LogP contribution in [0.4, 0.5) is 5.69 Å². The zero-order valence-electron chi connectivity index (χ0n) is 15.2. The molecule has 1 unspecified atom stereocenters. The molecule has 1 aliphatic heterocycles. The number of carbonyl (C=O) groups excluding carboxylic acids is 1. The van der Waals surface area contributed by atoms with Crippen molar-refractivity contribution in [1.29, 1.82) is 0 Å². The van der Waals surface area contributed by atoms with Crippen molar-refractivity contribution in [2.45, 2.75) is 35.6 Å². The van der Waals surface area contributed by atoms with Gasteiger partial charge in [-0.2, -0.15) is 0 Å². The molecule has 1 saturated carbocycles. The maximum Gasteiger partial charge on any atom is 0.240 e. The van der Waals surface area contributed by atoms with Crippen LogP contribution in [0.1, 0.15) is 31.0 Å². The predicted octanol–water partition coefficient (Wildman–Crippen LogP) is 4.70. The van der Waals surface area contributed by atoms with Gasteiger partial charge in [-0.05, 0) is 43.5 Å². The molecule has 7 heteroatoms. The first-order valence-corrected chi connectivity index (χ1v) is 10.7. The van der Waals surface area contributed by atoms with Crippen molar-refractivity contribution >= 4 is 35.0 Å². The number of aromatic nitrogens is 3. The van der Waals surface area contributed by atoms with Gasteiger partial charge in [-0.1, -0.05) is 53.7 Å². The smallest absolute Gasteiger partial charge is 0.240 e. The number of nitrogens with zero attached hydrogens (tertiary/aromatic N) is 4. The first kappa shape index (κ1) is 17.8. The molecule has 2 heterocycles. The van der Waals surface area contributed by atoms with Crippen LogP contribution in [0.25, 0.3) is 5.69 Å². The molecule has 1 aromatic heterocycles. The number of para-hydroxylation sites is 2. The first-order chi connectivity index (χ1) is 13.7. The van der Waals surface area contributed by atoms with Gasteiger partial charge < -0.3 is 4.90 Å². The summed E-state index contributed by atoms with van der Waals surface area (Å²) in [5, 5.41) is 10.1. The molecule has 2 aromatic carbocycles. The van der Waals surface area contributed by atoms with E-state index >= 15 is 0 Å². The average molecular weight is 411 g/mol. The SMILES string of the molecule is O=C1C(Sc2nnc(C3CC3)n2-c2ccccc2)CCN1c1ccccc1Cl. The molecule has 0 spiro atoms. The summed E-state index contributed by atoms with van der Waals surface area (Å²) in [5.74, 6) is 1.55. The molecule has 2 aliphatic rings. The van der Waals surface area contributed by atoms with Gasteiger partial charge in [0.25, 0.3) is 0 Å². The van der Waals surface area contributed by atoms with Crippen molar-refractivity contribution in [2.24, 2.45) is 0 Å². The van der Waals surface area contributed by atoms with Gasteiger partial charge in [0.05, 0.1) is 16.0 Å². The van der Waals surface area contributed by atoms with E-state index in [0.29, 0.717) is 17.5 Å². The summed E-state index contributed by atoms with van der Waals surface area (Å²) >= 11 is 7.81. The van der Waals surface area contributed by atoms with Gasteiger partial charge in [-0.3, -0.25) is 9.36 Å². The molecule has 5 nitrogen and oxygen atoms in total. The fourth-order valence-electron chi connectivity index (χ4n) is 3.58. The van der Waals surface area contributed by atoms with E-state index < -0.39 is 0 Å². The number of benzene rings is 2. The van der Waals surface area contributed by atoms with E-state index in [9.17, 15) is 4.79 Å². The van der Waals surface area contributed by atoms with Gasteiger partial charge in [0, 0.05) is 18.2 Å². The molecular weight excluding hydrogens is 392 g/mol. The standard InChI is InChI=1S/C21H19ClN4OS/c22-16-8-4-5-9-17(16)25-13-12-18(20(25)27)28-21-24-23-19(14-10-11-14)26(21)15-6-2-1-3-7-15/h1-9,14,18H,10-13H2. The van der Waals surface area contributed by atoms with Crippen molar-refractivity contribution < 1.29 is 4.79 Å². The van der Waals surface area contributed by atoms with Crippen molar-refractivity contribution in [3.05, 3.63) is 65.4 Å². The molecule has 0 bridgehead atoms. The molecule has 1 saturated heterocycles. The Morgan fingerprint density at radius 3 is 2.46 bits per heavy atom. The van der Waals surface area contributed by atoms with Crippen molar-refractivity contribution in [3.8, 4) is 5.69 Å². The first-order valence-electron chi connectivity index (χ1n) is 9.45. The summed E-state index contributed by atoms with van der Waals surface area (Å²) in [6.07, 6.45) is 3.06. The molecule has 3 aromatic rings. The van der Waals surface area contributed by atoms with Gasteiger partial charge in [-0.25, -0.2) is 0 Å². The molecule has 142 valence electrons. The summed E-state index contributed by atoms with van der Waals surface area (Å²) < 4.78 is 2.12. The molecule has 1 aliphatic carbocycles. The van der Waals surface area contributed by atoms with E-state index in [1.165, 1.54) is 11.8 Å². The third-order valence-corrected chi connectivity index (χ3v) is 6.68. The van der Waals surface area contributed by atoms with Crippen LogP contribution in [0.5, 0.6) is 0 Å². The summed E-state index contributed by atoms with van der Waals surface area (Å²) in [5.41, 5.74) is 1.82. The Hall–Kier alpha value is -2.31. The number of thioether (sulfide) groups is 1. The van der Waals surface area contributed by atoms with E-state index in [2.05, 4.69) is 26.9 Å². The monoisotopic (exact) mass is 410 g/mol. The fourth-order valence-corrected chi connectivity index (χ4v) is 4.92. The highest BCUT2D eigenvalue weighted by atomic mass is 35.5. The highest BCUT2D eigenvalue weighted by molar-refractivity contribution is 8.00. The van der Waals surface area contributed by atoms with Gasteiger partial charge >= 0.3 is 0 Å². The van der Waals surface area contributed by atoms with Crippen LogP contribution in [-0.2, 0) is 4.79 Å². The summed E-state index contributed by atoms with van der Waals surface area (Å²) in [7, 11) is 0. The van der Waals surface area contributed by atoms with E-state index in [1.54, 1.807) is 4.90 Å². The number of carbonyl (C=O) groups is 1. The second-order valence-electron chi connectivity index (χ2n) is 7.12. The third-order valence-electron chi connectivity index (χ3n) is 5.16. The molecule has 1 amide bonds. The van der Waals surface area contributed by atoms with E-state index in [-0.39, 0.29) is 11.2 Å². The zero-order valence-corrected chi connectivity index (χ0v) is 16.7. The Morgan fingerprint density at radius 1 is 0.964 bits per heavy atom. The van der Waals surface area contributed by atoms with Crippen molar-refractivity contribution in [3.63, 3.8) is 0 Å². The number of hydrogen-bond donors (Lipinski definition) is 0.